The summed E-state index contributed by atoms with van der Waals surface area (Å²) in [6.07, 6.45) is 0. The van der Waals surface area contributed by atoms with Gasteiger partial charge >= 0.3 is 5.97 Å². The Kier molecular flexibility index (Phi) is 3.95. The molecule has 0 spiro atoms. The molecule has 0 amide bonds. The van der Waals surface area contributed by atoms with Gasteiger partial charge in [-0.15, -0.1) is 0 Å². The van der Waals surface area contributed by atoms with Crippen LogP contribution in [0.25, 0.3) is 0 Å². The van der Waals surface area contributed by atoms with Crippen molar-refractivity contribution in [2.24, 2.45) is 0 Å². The van der Waals surface area contributed by atoms with Crippen molar-refractivity contribution < 1.29 is 14.6 Å². The van der Waals surface area contributed by atoms with Crippen molar-refractivity contribution in [1.29, 1.82) is 5.26 Å². The topological polar surface area (TPSA) is 70.3 Å². The molecule has 0 saturated carbocycles. The van der Waals surface area contributed by atoms with Gasteiger partial charge in [0.1, 0.15) is 11.5 Å². The van der Waals surface area contributed by atoms with Crippen molar-refractivity contribution in [3.8, 4) is 17.6 Å². The Morgan fingerprint density at radius 2 is 1.71 bits per heavy atom. The van der Waals surface area contributed by atoms with E-state index in [1.54, 1.807) is 31.2 Å². The molecule has 0 unspecified atom stereocenters. The third-order valence-corrected chi connectivity index (χ3v) is 3.22. The van der Waals surface area contributed by atoms with Gasteiger partial charge in [-0.3, -0.25) is 0 Å². The summed E-state index contributed by atoms with van der Waals surface area (Å²) in [6.45, 7) is 5.56. The SMILES string of the molecule is Cc1cc(C(=O)O)ccc1Oc1c(C)cc(C#N)cc1C. The van der Waals surface area contributed by atoms with Crippen molar-refractivity contribution in [3.05, 3.63) is 58.1 Å². The quantitative estimate of drug-likeness (QED) is 0.924. The van der Waals surface area contributed by atoms with E-state index in [1.165, 1.54) is 6.07 Å². The van der Waals surface area contributed by atoms with Gasteiger partial charge in [0.2, 0.25) is 0 Å². The van der Waals surface area contributed by atoms with Gasteiger partial charge in [0, 0.05) is 0 Å². The minimum absolute atomic E-state index is 0.230. The van der Waals surface area contributed by atoms with E-state index < -0.39 is 5.97 Å². The summed E-state index contributed by atoms with van der Waals surface area (Å²) >= 11 is 0. The van der Waals surface area contributed by atoms with E-state index in [0.717, 1.165) is 16.7 Å². The van der Waals surface area contributed by atoms with E-state index in [0.29, 0.717) is 17.1 Å². The lowest BCUT2D eigenvalue weighted by molar-refractivity contribution is 0.0697. The molecule has 0 bridgehead atoms. The Morgan fingerprint density at radius 1 is 1.10 bits per heavy atom. The predicted molar refractivity (Wildman–Crippen MR) is 78.8 cm³/mol. The minimum atomic E-state index is -0.963. The van der Waals surface area contributed by atoms with Crippen molar-refractivity contribution in [2.75, 3.05) is 0 Å². The van der Waals surface area contributed by atoms with E-state index in [9.17, 15) is 4.79 Å². The van der Waals surface area contributed by atoms with Gasteiger partial charge in [0.05, 0.1) is 17.2 Å². The highest BCUT2D eigenvalue weighted by atomic mass is 16.5. The van der Waals surface area contributed by atoms with Crippen LogP contribution in [0, 0.1) is 32.1 Å². The fourth-order valence-electron chi connectivity index (χ4n) is 2.18. The first kappa shape index (κ1) is 14.6. The van der Waals surface area contributed by atoms with Crippen molar-refractivity contribution in [3.63, 3.8) is 0 Å². The van der Waals surface area contributed by atoms with Crippen molar-refractivity contribution >= 4 is 5.97 Å². The Labute approximate surface area is 123 Å². The smallest absolute Gasteiger partial charge is 0.335 e. The molecule has 2 aromatic carbocycles. The molecule has 0 aliphatic heterocycles. The molecule has 0 atom stereocenters. The maximum Gasteiger partial charge on any atom is 0.335 e. The maximum atomic E-state index is 10.9. The zero-order valence-electron chi connectivity index (χ0n) is 12.1. The van der Waals surface area contributed by atoms with Crippen LogP contribution < -0.4 is 4.74 Å². The number of carboxylic acids is 1. The molecule has 106 valence electrons. The van der Waals surface area contributed by atoms with Crippen LogP contribution in [-0.4, -0.2) is 11.1 Å². The Morgan fingerprint density at radius 3 is 2.19 bits per heavy atom. The number of nitrogens with zero attached hydrogens (tertiary/aromatic N) is 1. The van der Waals surface area contributed by atoms with Gasteiger partial charge in [0.15, 0.2) is 0 Å². The molecule has 21 heavy (non-hydrogen) atoms. The van der Waals surface area contributed by atoms with Crippen molar-refractivity contribution in [1.82, 2.24) is 0 Å². The van der Waals surface area contributed by atoms with Crippen LogP contribution in [0.15, 0.2) is 30.3 Å². The third kappa shape index (κ3) is 3.03. The Balaban J connectivity index is 2.39. The van der Waals surface area contributed by atoms with Gasteiger partial charge in [-0.2, -0.15) is 5.26 Å². The normalized spacial score (nSPS) is 10.0. The number of aromatic carboxylic acids is 1. The second kappa shape index (κ2) is 5.68. The van der Waals surface area contributed by atoms with Crippen LogP contribution in [0.4, 0.5) is 0 Å². The van der Waals surface area contributed by atoms with E-state index in [1.807, 2.05) is 13.8 Å². The van der Waals surface area contributed by atoms with Crippen molar-refractivity contribution in [2.45, 2.75) is 20.8 Å². The molecule has 0 aliphatic carbocycles. The maximum absolute atomic E-state index is 10.9. The second-order valence-corrected chi connectivity index (χ2v) is 4.94. The predicted octanol–water partition coefficient (Wildman–Crippen LogP) is 3.97. The molecule has 0 fully saturated rings. The highest BCUT2D eigenvalue weighted by Crippen LogP contribution is 2.31. The van der Waals surface area contributed by atoms with Gasteiger partial charge < -0.3 is 9.84 Å². The molecule has 0 saturated heterocycles. The number of nitriles is 1. The molecule has 2 aromatic rings. The molecular formula is C17H15NO3. The monoisotopic (exact) mass is 281 g/mol. The zero-order valence-corrected chi connectivity index (χ0v) is 12.1. The molecule has 0 radical (unpaired) electrons. The lowest BCUT2D eigenvalue weighted by Crippen LogP contribution is -1.99. The van der Waals surface area contributed by atoms with Gasteiger partial charge in [-0.1, -0.05) is 0 Å². The van der Waals surface area contributed by atoms with Gasteiger partial charge in [0.25, 0.3) is 0 Å². The summed E-state index contributed by atoms with van der Waals surface area (Å²) in [5, 5.41) is 17.9. The molecule has 1 N–H and O–H groups in total. The number of benzene rings is 2. The van der Waals surface area contributed by atoms with Gasteiger partial charge in [-0.25, -0.2) is 4.79 Å². The molecule has 4 nitrogen and oxygen atoms in total. The summed E-state index contributed by atoms with van der Waals surface area (Å²) in [6, 6.07) is 10.4. The number of aryl methyl sites for hydroxylation is 3. The average Bonchev–Trinajstić information content (AvgIpc) is 2.43. The summed E-state index contributed by atoms with van der Waals surface area (Å²) in [5.41, 5.74) is 3.31. The van der Waals surface area contributed by atoms with Crippen LogP contribution >= 0.6 is 0 Å². The number of hydrogen-bond acceptors (Lipinski definition) is 3. The molecule has 4 heteroatoms. The lowest BCUT2D eigenvalue weighted by atomic mass is 10.1. The summed E-state index contributed by atoms with van der Waals surface area (Å²) in [4.78, 5) is 10.9. The van der Waals surface area contributed by atoms with Gasteiger partial charge in [-0.05, 0) is 67.8 Å². The minimum Gasteiger partial charge on any atom is -0.478 e. The van der Waals surface area contributed by atoms with E-state index in [4.69, 9.17) is 15.1 Å². The van der Waals surface area contributed by atoms with E-state index in [2.05, 4.69) is 6.07 Å². The second-order valence-electron chi connectivity index (χ2n) is 4.94. The molecule has 0 aliphatic rings. The zero-order chi connectivity index (χ0) is 15.6. The highest BCUT2D eigenvalue weighted by molar-refractivity contribution is 5.88. The number of ether oxygens (including phenoxy) is 1. The molecule has 0 aromatic heterocycles. The number of hydrogen-bond donors (Lipinski definition) is 1. The first-order valence-corrected chi connectivity index (χ1v) is 6.45. The lowest BCUT2D eigenvalue weighted by Gasteiger charge is -2.14. The third-order valence-electron chi connectivity index (χ3n) is 3.22. The van der Waals surface area contributed by atoms with Crippen LogP contribution in [0.3, 0.4) is 0 Å². The fraction of sp³-hybridized carbons (Fsp3) is 0.176. The fourth-order valence-corrected chi connectivity index (χ4v) is 2.18. The molecule has 2 rings (SSSR count). The van der Waals surface area contributed by atoms with E-state index in [-0.39, 0.29) is 5.56 Å². The van der Waals surface area contributed by atoms with Crippen LogP contribution in [0.5, 0.6) is 11.5 Å². The Hall–Kier alpha value is -2.80. The van der Waals surface area contributed by atoms with Crippen LogP contribution in [0.2, 0.25) is 0 Å². The number of rotatable bonds is 3. The molecular weight excluding hydrogens is 266 g/mol. The Bertz CT molecular complexity index is 734. The number of carbonyl (C=O) groups is 1. The molecule has 0 heterocycles. The first-order valence-electron chi connectivity index (χ1n) is 6.45. The summed E-state index contributed by atoms with van der Waals surface area (Å²) < 4.78 is 5.90. The largest absolute Gasteiger partial charge is 0.478 e. The average molecular weight is 281 g/mol. The van der Waals surface area contributed by atoms with E-state index >= 15 is 0 Å². The number of carboxylic acid groups (broad SMARTS) is 1. The summed E-state index contributed by atoms with van der Waals surface area (Å²) in [7, 11) is 0. The summed E-state index contributed by atoms with van der Waals surface area (Å²) in [5.74, 6) is 0.339. The standard InChI is InChI=1S/C17H15NO3/c1-10-8-14(17(19)20)4-5-15(10)21-16-11(2)6-13(9-18)7-12(16)3/h4-8H,1-3H3,(H,19,20). The highest BCUT2D eigenvalue weighted by Gasteiger charge is 2.11. The van der Waals surface area contributed by atoms with Crippen LogP contribution in [0.1, 0.15) is 32.6 Å². The van der Waals surface area contributed by atoms with Crippen LogP contribution in [-0.2, 0) is 0 Å². The first-order chi connectivity index (χ1) is 9.92.